The van der Waals surface area contributed by atoms with Crippen LogP contribution < -0.4 is 10.5 Å². The fourth-order valence-electron chi connectivity index (χ4n) is 0.742. The molecule has 0 saturated heterocycles. The Morgan fingerprint density at radius 3 is 2.31 bits per heavy atom. The molecule has 0 saturated carbocycles. The first-order chi connectivity index (χ1) is 6.00. The van der Waals surface area contributed by atoms with Gasteiger partial charge in [-0.15, -0.1) is 0 Å². The van der Waals surface area contributed by atoms with Crippen molar-refractivity contribution in [1.29, 1.82) is 0 Å². The molecule has 0 aromatic heterocycles. The molecule has 2 nitrogen and oxygen atoms in total. The third-order valence-electron chi connectivity index (χ3n) is 1.27. The van der Waals surface area contributed by atoms with Crippen molar-refractivity contribution in [3.05, 3.63) is 22.2 Å². The van der Waals surface area contributed by atoms with Gasteiger partial charge in [0.05, 0.1) is 15.7 Å². The third kappa shape index (κ3) is 2.60. The van der Waals surface area contributed by atoms with Crippen LogP contribution in [0.5, 0.6) is 5.75 Å². The smallest absolute Gasteiger partial charge is 0.387 e. The molecule has 0 heterocycles. The molecule has 6 heteroatoms. The van der Waals surface area contributed by atoms with Gasteiger partial charge in [0.25, 0.3) is 0 Å². The Morgan fingerprint density at radius 1 is 1.23 bits per heavy atom. The molecule has 1 aromatic rings. The molecule has 0 bridgehead atoms. The van der Waals surface area contributed by atoms with E-state index in [-0.39, 0.29) is 21.5 Å². The van der Waals surface area contributed by atoms with Crippen LogP contribution >= 0.6 is 23.2 Å². The summed E-state index contributed by atoms with van der Waals surface area (Å²) in [7, 11) is 0. The van der Waals surface area contributed by atoms with E-state index in [4.69, 9.17) is 28.9 Å². The molecule has 0 radical (unpaired) electrons. The zero-order valence-electron chi connectivity index (χ0n) is 6.23. The van der Waals surface area contributed by atoms with Crippen LogP contribution in [0, 0.1) is 0 Å². The van der Waals surface area contributed by atoms with Gasteiger partial charge in [0, 0.05) is 6.07 Å². The molecule has 2 N–H and O–H groups in total. The van der Waals surface area contributed by atoms with E-state index >= 15 is 0 Å². The summed E-state index contributed by atoms with van der Waals surface area (Å²) in [5.41, 5.74) is 5.36. The summed E-state index contributed by atoms with van der Waals surface area (Å²) in [6.45, 7) is -2.93. The summed E-state index contributed by atoms with van der Waals surface area (Å²) >= 11 is 11.1. The molecule has 1 aromatic carbocycles. The van der Waals surface area contributed by atoms with Gasteiger partial charge >= 0.3 is 6.61 Å². The van der Waals surface area contributed by atoms with Gasteiger partial charge < -0.3 is 10.5 Å². The zero-order chi connectivity index (χ0) is 10.0. The monoisotopic (exact) mass is 227 g/mol. The van der Waals surface area contributed by atoms with Crippen LogP contribution in [0.4, 0.5) is 14.5 Å². The molecule has 0 unspecified atom stereocenters. The highest BCUT2D eigenvalue weighted by atomic mass is 35.5. The number of anilines is 1. The normalized spacial score (nSPS) is 10.5. The number of rotatable bonds is 2. The fraction of sp³-hybridized carbons (Fsp3) is 0.143. The van der Waals surface area contributed by atoms with Crippen LogP contribution in [0.3, 0.4) is 0 Å². The molecule has 0 fully saturated rings. The molecule has 0 aliphatic heterocycles. The first-order valence-corrected chi connectivity index (χ1v) is 3.95. The van der Waals surface area contributed by atoms with Crippen LogP contribution in [0.1, 0.15) is 0 Å². The van der Waals surface area contributed by atoms with Gasteiger partial charge in [0.1, 0.15) is 0 Å². The van der Waals surface area contributed by atoms with Gasteiger partial charge in [-0.1, -0.05) is 23.2 Å². The Labute approximate surface area is 83.2 Å². The summed E-state index contributed by atoms with van der Waals surface area (Å²) < 4.78 is 27.6. The number of hydrogen-bond acceptors (Lipinski definition) is 2. The molecule has 0 atom stereocenters. The highest BCUT2D eigenvalue weighted by molar-refractivity contribution is 6.42. The van der Waals surface area contributed by atoms with Gasteiger partial charge in [-0.3, -0.25) is 0 Å². The second-order valence-corrected chi connectivity index (χ2v) is 3.00. The molecular weight excluding hydrogens is 223 g/mol. The van der Waals surface area contributed by atoms with E-state index in [9.17, 15) is 8.78 Å². The molecule has 0 aliphatic rings. The zero-order valence-corrected chi connectivity index (χ0v) is 7.74. The van der Waals surface area contributed by atoms with Gasteiger partial charge in [-0.25, -0.2) is 0 Å². The number of nitrogens with two attached hydrogens (primary N) is 1. The Bertz CT molecular complexity index is 320. The minimum absolute atomic E-state index is 0.0229. The van der Waals surface area contributed by atoms with E-state index in [2.05, 4.69) is 4.74 Å². The maximum atomic E-state index is 11.8. The van der Waals surface area contributed by atoms with Gasteiger partial charge in [-0.05, 0) is 6.07 Å². The van der Waals surface area contributed by atoms with Crippen LogP contribution in [-0.4, -0.2) is 6.61 Å². The van der Waals surface area contributed by atoms with Crippen molar-refractivity contribution >= 4 is 28.9 Å². The Morgan fingerprint density at radius 2 is 1.77 bits per heavy atom. The molecule has 13 heavy (non-hydrogen) atoms. The highest BCUT2D eigenvalue weighted by Gasteiger charge is 2.10. The lowest BCUT2D eigenvalue weighted by Crippen LogP contribution is -2.04. The van der Waals surface area contributed by atoms with Crippen molar-refractivity contribution in [2.24, 2.45) is 0 Å². The Balaban J connectivity index is 3.01. The Kier molecular flexibility index (Phi) is 3.17. The predicted molar refractivity (Wildman–Crippen MR) is 47.5 cm³/mol. The second kappa shape index (κ2) is 3.98. The number of benzene rings is 1. The van der Waals surface area contributed by atoms with Crippen LogP contribution in [0.2, 0.25) is 10.0 Å². The summed E-state index contributed by atoms with van der Waals surface area (Å²) in [6.07, 6.45) is 0. The minimum atomic E-state index is -2.93. The van der Waals surface area contributed by atoms with Gasteiger partial charge in [0.2, 0.25) is 0 Å². The number of nitrogen functional groups attached to an aromatic ring is 1. The van der Waals surface area contributed by atoms with Crippen molar-refractivity contribution in [3.63, 3.8) is 0 Å². The highest BCUT2D eigenvalue weighted by Crippen LogP contribution is 2.32. The van der Waals surface area contributed by atoms with Crippen LogP contribution in [0.15, 0.2) is 12.1 Å². The second-order valence-electron chi connectivity index (χ2n) is 2.18. The molecular formula is C7H5Cl2F2NO. The fourth-order valence-corrected chi connectivity index (χ4v) is 1.07. The largest absolute Gasteiger partial charge is 0.433 e. The maximum Gasteiger partial charge on any atom is 0.387 e. The average Bonchev–Trinajstić information content (AvgIpc) is 1.99. The molecule has 0 amide bonds. The van der Waals surface area contributed by atoms with E-state index in [1.807, 2.05) is 0 Å². The number of halogens is 4. The number of hydrogen-bond donors (Lipinski definition) is 1. The maximum absolute atomic E-state index is 11.8. The summed E-state index contributed by atoms with van der Waals surface area (Å²) in [5.74, 6) is -0.176. The van der Waals surface area contributed by atoms with Crippen molar-refractivity contribution < 1.29 is 13.5 Å². The van der Waals surface area contributed by atoms with E-state index < -0.39 is 6.61 Å². The lowest BCUT2D eigenvalue weighted by atomic mass is 10.3. The van der Waals surface area contributed by atoms with Crippen molar-refractivity contribution in [2.75, 3.05) is 5.73 Å². The first kappa shape index (κ1) is 10.3. The quantitative estimate of drug-likeness (QED) is 0.789. The van der Waals surface area contributed by atoms with Crippen molar-refractivity contribution in [2.45, 2.75) is 6.61 Å². The van der Waals surface area contributed by atoms with E-state index in [0.29, 0.717) is 0 Å². The van der Waals surface area contributed by atoms with Crippen molar-refractivity contribution in [3.8, 4) is 5.75 Å². The van der Waals surface area contributed by atoms with E-state index in [1.165, 1.54) is 6.07 Å². The van der Waals surface area contributed by atoms with Gasteiger partial charge in [0.15, 0.2) is 5.75 Å². The topological polar surface area (TPSA) is 35.2 Å². The minimum Gasteiger partial charge on any atom is -0.433 e. The van der Waals surface area contributed by atoms with E-state index in [0.717, 1.165) is 6.07 Å². The van der Waals surface area contributed by atoms with E-state index in [1.54, 1.807) is 0 Å². The number of ether oxygens (including phenoxy) is 1. The lowest BCUT2D eigenvalue weighted by molar-refractivity contribution is -0.0493. The third-order valence-corrected chi connectivity index (χ3v) is 1.99. The summed E-state index contributed by atoms with van der Waals surface area (Å²) in [5, 5.41) is 0.312. The number of alkyl halides is 2. The van der Waals surface area contributed by atoms with Crippen LogP contribution in [0.25, 0.3) is 0 Å². The molecule has 0 spiro atoms. The molecule has 72 valence electrons. The van der Waals surface area contributed by atoms with Crippen LogP contribution in [-0.2, 0) is 0 Å². The predicted octanol–water partition coefficient (Wildman–Crippen LogP) is 3.18. The standard InChI is InChI=1S/C7H5Cl2F2NO/c8-3-1-5(12)6(2-4(3)9)13-7(10)11/h1-2,7H,12H2. The first-order valence-electron chi connectivity index (χ1n) is 3.20. The average molecular weight is 228 g/mol. The molecule has 0 aliphatic carbocycles. The van der Waals surface area contributed by atoms with Gasteiger partial charge in [-0.2, -0.15) is 8.78 Å². The summed E-state index contributed by atoms with van der Waals surface area (Å²) in [6, 6.07) is 2.40. The lowest BCUT2D eigenvalue weighted by Gasteiger charge is -2.08. The van der Waals surface area contributed by atoms with Crippen molar-refractivity contribution in [1.82, 2.24) is 0 Å². The Hall–Kier alpha value is -0.740. The SMILES string of the molecule is Nc1cc(Cl)c(Cl)cc1OC(F)F. The molecule has 1 rings (SSSR count). The summed E-state index contributed by atoms with van der Waals surface area (Å²) in [4.78, 5) is 0.